The highest BCUT2D eigenvalue weighted by Crippen LogP contribution is 2.17. The lowest BCUT2D eigenvalue weighted by Crippen LogP contribution is -2.19. The van der Waals surface area contributed by atoms with Crippen LogP contribution in [0.1, 0.15) is 136 Å². The first kappa shape index (κ1) is 28.8. The summed E-state index contributed by atoms with van der Waals surface area (Å²) in [5, 5.41) is 1.08. The summed E-state index contributed by atoms with van der Waals surface area (Å²) in [6.45, 7) is 4.99. The number of unbranched alkanes of at least 4 members (excludes halogenated alkanes) is 14. The number of ether oxygens (including phenoxy) is 2. The van der Waals surface area contributed by atoms with E-state index in [-0.39, 0.29) is 6.10 Å². The second-order valence-electron chi connectivity index (χ2n) is 8.41. The summed E-state index contributed by atoms with van der Waals surface area (Å²) in [4.78, 5) is 12.1. The van der Waals surface area contributed by atoms with Crippen molar-refractivity contribution in [3.63, 3.8) is 0 Å². The van der Waals surface area contributed by atoms with E-state index in [0.29, 0.717) is 6.61 Å². The van der Waals surface area contributed by atoms with Gasteiger partial charge >= 0.3 is 6.16 Å². The van der Waals surface area contributed by atoms with Crippen LogP contribution in [0.2, 0.25) is 0 Å². The highest BCUT2D eigenvalue weighted by molar-refractivity contribution is 9.09. The molecule has 0 radical (unpaired) electrons. The molecule has 0 aromatic carbocycles. The molecule has 0 saturated heterocycles. The monoisotopic (exact) mass is 476 g/mol. The lowest BCUT2D eigenvalue weighted by Gasteiger charge is -2.18. The molecule has 0 amide bonds. The van der Waals surface area contributed by atoms with E-state index in [2.05, 4.69) is 29.8 Å². The first-order chi connectivity index (χ1) is 14.2. The van der Waals surface area contributed by atoms with E-state index in [4.69, 9.17) is 9.47 Å². The summed E-state index contributed by atoms with van der Waals surface area (Å²) in [5.74, 6) is 0. The third-order valence-electron chi connectivity index (χ3n) is 5.52. The maximum Gasteiger partial charge on any atom is 0.508 e. The van der Waals surface area contributed by atoms with Crippen LogP contribution in [0.5, 0.6) is 0 Å². The Balaban J connectivity index is 3.98. The standard InChI is InChI=1S/C25H49BrO3/c1-3-5-7-9-12-16-20-24(21-17-13-10-8-6-4-2)29-25(27)28-23-19-15-11-14-18-22-26/h24H,3-23H2,1-2H3. The van der Waals surface area contributed by atoms with E-state index >= 15 is 0 Å². The lowest BCUT2D eigenvalue weighted by atomic mass is 10.0. The molecule has 0 aliphatic heterocycles. The molecular weight excluding hydrogens is 428 g/mol. The summed E-state index contributed by atoms with van der Waals surface area (Å²) in [7, 11) is 0. The van der Waals surface area contributed by atoms with Gasteiger partial charge in [0.2, 0.25) is 0 Å². The molecular formula is C25H49BrO3. The number of halogens is 1. The number of alkyl halides is 1. The molecule has 0 saturated carbocycles. The van der Waals surface area contributed by atoms with Gasteiger partial charge in [-0.05, 0) is 38.5 Å². The Hall–Kier alpha value is -0.250. The van der Waals surface area contributed by atoms with Crippen LogP contribution in [0, 0.1) is 0 Å². The van der Waals surface area contributed by atoms with Crippen LogP contribution >= 0.6 is 15.9 Å². The third kappa shape index (κ3) is 22.3. The molecule has 0 bridgehead atoms. The van der Waals surface area contributed by atoms with Gasteiger partial charge in [-0.1, -0.05) is 113 Å². The maximum absolute atomic E-state index is 12.1. The van der Waals surface area contributed by atoms with Crippen LogP contribution in [-0.4, -0.2) is 24.2 Å². The third-order valence-corrected chi connectivity index (χ3v) is 6.08. The molecule has 0 atom stereocenters. The topological polar surface area (TPSA) is 35.5 Å². The number of carbonyl (C=O) groups excluding carboxylic acids is 1. The van der Waals surface area contributed by atoms with Gasteiger partial charge in [-0.15, -0.1) is 0 Å². The lowest BCUT2D eigenvalue weighted by molar-refractivity contribution is 0.0154. The molecule has 0 heterocycles. The SMILES string of the molecule is CCCCCCCCC(CCCCCCCC)OC(=O)OCCCCCCCBr. The fourth-order valence-corrected chi connectivity index (χ4v) is 4.02. The van der Waals surface area contributed by atoms with Gasteiger partial charge in [-0.2, -0.15) is 0 Å². The minimum Gasteiger partial charge on any atom is -0.434 e. The van der Waals surface area contributed by atoms with Crippen LogP contribution in [-0.2, 0) is 9.47 Å². The van der Waals surface area contributed by atoms with Crippen molar-refractivity contribution in [3.8, 4) is 0 Å². The van der Waals surface area contributed by atoms with Crippen molar-refractivity contribution in [1.82, 2.24) is 0 Å². The molecule has 174 valence electrons. The van der Waals surface area contributed by atoms with Crippen molar-refractivity contribution in [2.45, 2.75) is 142 Å². The molecule has 0 fully saturated rings. The fraction of sp³-hybridized carbons (Fsp3) is 0.960. The Labute approximate surface area is 190 Å². The normalized spacial score (nSPS) is 11.2. The Bertz CT molecular complexity index is 320. The molecule has 0 aromatic rings. The molecule has 0 N–H and O–H groups in total. The van der Waals surface area contributed by atoms with E-state index < -0.39 is 6.16 Å². The zero-order chi connectivity index (χ0) is 21.4. The van der Waals surface area contributed by atoms with Crippen molar-refractivity contribution in [2.24, 2.45) is 0 Å². The first-order valence-electron chi connectivity index (χ1n) is 12.6. The van der Waals surface area contributed by atoms with E-state index in [1.165, 1.54) is 83.5 Å². The van der Waals surface area contributed by atoms with Crippen LogP contribution in [0.25, 0.3) is 0 Å². The quantitative estimate of drug-likeness (QED) is 0.0885. The minimum absolute atomic E-state index is 0.0405. The average molecular weight is 478 g/mol. The summed E-state index contributed by atoms with van der Waals surface area (Å²) in [5.41, 5.74) is 0. The van der Waals surface area contributed by atoms with Crippen molar-refractivity contribution < 1.29 is 14.3 Å². The second kappa shape index (κ2) is 24.0. The van der Waals surface area contributed by atoms with Crippen molar-refractivity contribution in [3.05, 3.63) is 0 Å². The molecule has 4 heteroatoms. The second-order valence-corrected chi connectivity index (χ2v) is 9.20. The van der Waals surface area contributed by atoms with Crippen LogP contribution in [0.15, 0.2) is 0 Å². The Kier molecular flexibility index (Phi) is 23.8. The van der Waals surface area contributed by atoms with Gasteiger partial charge in [0.15, 0.2) is 0 Å². The van der Waals surface area contributed by atoms with Gasteiger partial charge in [0.1, 0.15) is 6.10 Å². The van der Waals surface area contributed by atoms with Crippen molar-refractivity contribution in [1.29, 1.82) is 0 Å². The summed E-state index contributed by atoms with van der Waals surface area (Å²) >= 11 is 3.45. The molecule has 0 spiro atoms. The van der Waals surface area contributed by atoms with Gasteiger partial charge < -0.3 is 9.47 Å². The van der Waals surface area contributed by atoms with E-state index in [9.17, 15) is 4.79 Å². The van der Waals surface area contributed by atoms with Gasteiger partial charge in [-0.3, -0.25) is 0 Å². The highest BCUT2D eigenvalue weighted by atomic mass is 79.9. The van der Waals surface area contributed by atoms with Crippen molar-refractivity contribution >= 4 is 22.1 Å². The predicted molar refractivity (Wildman–Crippen MR) is 129 cm³/mol. The number of rotatable bonds is 22. The Morgan fingerprint density at radius 1 is 0.655 bits per heavy atom. The molecule has 0 aliphatic rings. The van der Waals surface area contributed by atoms with E-state index in [0.717, 1.165) is 43.9 Å². The largest absolute Gasteiger partial charge is 0.508 e. The predicted octanol–water partition coefficient (Wildman–Crippen LogP) is 9.35. The average Bonchev–Trinajstić information content (AvgIpc) is 2.72. The highest BCUT2D eigenvalue weighted by Gasteiger charge is 2.15. The summed E-state index contributed by atoms with van der Waals surface area (Å²) in [6, 6.07) is 0. The molecule has 0 unspecified atom stereocenters. The molecule has 0 rings (SSSR count). The number of hydrogen-bond donors (Lipinski definition) is 0. The fourth-order valence-electron chi connectivity index (χ4n) is 3.62. The van der Waals surface area contributed by atoms with Crippen LogP contribution in [0.3, 0.4) is 0 Å². The first-order valence-corrected chi connectivity index (χ1v) is 13.8. The van der Waals surface area contributed by atoms with Crippen LogP contribution < -0.4 is 0 Å². The zero-order valence-corrected chi connectivity index (χ0v) is 21.1. The molecule has 3 nitrogen and oxygen atoms in total. The minimum atomic E-state index is -0.451. The zero-order valence-electron chi connectivity index (χ0n) is 19.5. The van der Waals surface area contributed by atoms with Gasteiger partial charge in [0, 0.05) is 5.33 Å². The van der Waals surface area contributed by atoms with Crippen molar-refractivity contribution in [2.75, 3.05) is 11.9 Å². The van der Waals surface area contributed by atoms with E-state index in [1.807, 2.05) is 0 Å². The summed E-state index contributed by atoms with van der Waals surface area (Å²) < 4.78 is 11.0. The maximum atomic E-state index is 12.1. The number of hydrogen-bond acceptors (Lipinski definition) is 3. The molecule has 29 heavy (non-hydrogen) atoms. The van der Waals surface area contributed by atoms with Crippen LogP contribution in [0.4, 0.5) is 4.79 Å². The number of carbonyl (C=O) groups is 1. The summed E-state index contributed by atoms with van der Waals surface area (Å²) in [6.07, 6.45) is 22.6. The van der Waals surface area contributed by atoms with Gasteiger partial charge in [0.05, 0.1) is 6.61 Å². The Morgan fingerprint density at radius 2 is 1.10 bits per heavy atom. The van der Waals surface area contributed by atoms with Gasteiger partial charge in [-0.25, -0.2) is 4.79 Å². The van der Waals surface area contributed by atoms with E-state index in [1.54, 1.807) is 0 Å². The smallest absolute Gasteiger partial charge is 0.434 e. The van der Waals surface area contributed by atoms with Gasteiger partial charge in [0.25, 0.3) is 0 Å². The molecule has 0 aliphatic carbocycles. The Morgan fingerprint density at radius 3 is 1.62 bits per heavy atom. The molecule has 0 aromatic heterocycles.